The van der Waals surface area contributed by atoms with Gasteiger partial charge in [0.15, 0.2) is 5.78 Å². The Balaban J connectivity index is 2.07. The lowest BCUT2D eigenvalue weighted by molar-refractivity contribution is 0.106. The number of aryl methyl sites for hydroxylation is 1. The highest BCUT2D eigenvalue weighted by molar-refractivity contribution is 7.07. The molecule has 1 aromatic heterocycles. The number of carbonyl (C=O) groups is 1. The van der Waals surface area contributed by atoms with Crippen LogP contribution in [0.2, 0.25) is 5.02 Å². The highest BCUT2D eigenvalue weighted by Crippen LogP contribution is 2.10. The van der Waals surface area contributed by atoms with Gasteiger partial charge < -0.3 is 4.57 Å². The predicted molar refractivity (Wildman–Crippen MR) is 104 cm³/mol. The van der Waals surface area contributed by atoms with Crippen LogP contribution in [-0.4, -0.2) is 10.4 Å². The molecule has 0 saturated heterocycles. The minimum absolute atomic E-state index is 0.104. The molecule has 2 aromatic carbocycles. The summed E-state index contributed by atoms with van der Waals surface area (Å²) >= 11 is 7.18. The first-order valence-electron chi connectivity index (χ1n) is 7.70. The van der Waals surface area contributed by atoms with Crippen LogP contribution in [0.1, 0.15) is 21.5 Å². The molecule has 0 N–H and O–H groups in total. The molecule has 0 amide bonds. The predicted octanol–water partition coefficient (Wildman–Crippen LogP) is 2.90. The summed E-state index contributed by atoms with van der Waals surface area (Å²) in [6, 6.07) is 14.7. The molecule has 0 fully saturated rings. The minimum Gasteiger partial charge on any atom is -0.302 e. The number of Topliss-reactive ketones (excluding diaryl/α,β-unsaturated/α-hetero) is 1. The van der Waals surface area contributed by atoms with Crippen molar-refractivity contribution in [1.82, 2.24) is 4.57 Å². The summed E-state index contributed by atoms with van der Waals surface area (Å²) in [5.41, 5.74) is 2.33. The van der Waals surface area contributed by atoms with E-state index in [-0.39, 0.29) is 11.3 Å². The molecule has 1 heterocycles. The molecule has 0 spiro atoms. The fraction of sp³-hybridized carbons (Fsp3) is 0.100. The number of ketones is 1. The Morgan fingerprint density at radius 2 is 1.80 bits per heavy atom. The van der Waals surface area contributed by atoms with Gasteiger partial charge in [-0.15, -0.1) is 11.3 Å². The third-order valence-corrected chi connectivity index (χ3v) is 5.26. The van der Waals surface area contributed by atoms with Crippen molar-refractivity contribution < 1.29 is 4.79 Å². The SMILES string of the molecule is Cc1ccccc1C(=O)/C=c1\s/c(=C\c2ccc(Cl)cc2)c(=O)n1C. The van der Waals surface area contributed by atoms with Crippen molar-refractivity contribution in [3.63, 3.8) is 0 Å². The fourth-order valence-corrected chi connectivity index (χ4v) is 3.61. The maximum absolute atomic E-state index is 12.5. The fourth-order valence-electron chi connectivity index (χ4n) is 2.46. The van der Waals surface area contributed by atoms with Crippen LogP contribution < -0.4 is 14.8 Å². The zero-order chi connectivity index (χ0) is 18.0. The first-order chi connectivity index (χ1) is 12.0. The van der Waals surface area contributed by atoms with Gasteiger partial charge in [0.1, 0.15) is 4.66 Å². The van der Waals surface area contributed by atoms with Crippen molar-refractivity contribution in [1.29, 1.82) is 0 Å². The van der Waals surface area contributed by atoms with E-state index in [1.165, 1.54) is 22.0 Å². The van der Waals surface area contributed by atoms with Crippen LogP contribution in [-0.2, 0) is 7.05 Å². The molecular weight excluding hydrogens is 354 g/mol. The average Bonchev–Trinajstić information content (AvgIpc) is 2.85. The minimum atomic E-state index is -0.121. The van der Waals surface area contributed by atoms with Crippen LogP contribution in [0.4, 0.5) is 0 Å². The smallest absolute Gasteiger partial charge is 0.268 e. The number of carbonyl (C=O) groups excluding carboxylic acids is 1. The monoisotopic (exact) mass is 369 g/mol. The molecule has 0 saturated carbocycles. The lowest BCUT2D eigenvalue weighted by Gasteiger charge is -1.99. The Morgan fingerprint density at radius 3 is 2.48 bits per heavy atom. The number of benzene rings is 2. The van der Waals surface area contributed by atoms with Crippen LogP contribution in [0, 0.1) is 6.92 Å². The molecule has 0 unspecified atom stereocenters. The molecular formula is C20H16ClNO2S. The molecule has 126 valence electrons. The maximum atomic E-state index is 12.5. The van der Waals surface area contributed by atoms with Crippen LogP contribution in [0.5, 0.6) is 0 Å². The summed E-state index contributed by atoms with van der Waals surface area (Å²) < 4.78 is 2.70. The summed E-state index contributed by atoms with van der Waals surface area (Å²) in [4.78, 5) is 24.9. The van der Waals surface area contributed by atoms with Gasteiger partial charge in [-0.05, 0) is 36.3 Å². The first kappa shape index (κ1) is 17.4. The molecule has 3 rings (SSSR count). The zero-order valence-corrected chi connectivity index (χ0v) is 15.4. The normalized spacial score (nSPS) is 12.6. The summed E-state index contributed by atoms with van der Waals surface area (Å²) in [6.07, 6.45) is 3.33. The van der Waals surface area contributed by atoms with Gasteiger partial charge in [0.05, 0.1) is 4.53 Å². The number of nitrogens with zero attached hydrogens (tertiary/aromatic N) is 1. The van der Waals surface area contributed by atoms with E-state index in [1.807, 2.05) is 37.3 Å². The largest absolute Gasteiger partial charge is 0.302 e. The molecule has 0 radical (unpaired) electrons. The zero-order valence-electron chi connectivity index (χ0n) is 13.8. The van der Waals surface area contributed by atoms with Crippen molar-refractivity contribution in [3.05, 3.63) is 89.8 Å². The topological polar surface area (TPSA) is 39.1 Å². The molecule has 0 bridgehead atoms. The van der Waals surface area contributed by atoms with E-state index in [0.29, 0.717) is 19.8 Å². The second-order valence-electron chi connectivity index (χ2n) is 5.69. The van der Waals surface area contributed by atoms with Gasteiger partial charge in [0.25, 0.3) is 5.56 Å². The Morgan fingerprint density at radius 1 is 1.12 bits per heavy atom. The summed E-state index contributed by atoms with van der Waals surface area (Å²) in [6.45, 7) is 1.90. The van der Waals surface area contributed by atoms with E-state index in [0.717, 1.165) is 11.1 Å². The van der Waals surface area contributed by atoms with Gasteiger partial charge in [-0.2, -0.15) is 0 Å². The first-order valence-corrected chi connectivity index (χ1v) is 8.90. The van der Waals surface area contributed by atoms with Crippen molar-refractivity contribution in [2.75, 3.05) is 0 Å². The summed E-state index contributed by atoms with van der Waals surface area (Å²) in [5, 5.41) is 0.647. The van der Waals surface area contributed by atoms with E-state index >= 15 is 0 Å². The highest BCUT2D eigenvalue weighted by atomic mass is 35.5. The average molecular weight is 370 g/mol. The Kier molecular flexibility index (Phi) is 5.02. The molecule has 0 atom stereocenters. The third kappa shape index (κ3) is 3.81. The molecule has 0 aliphatic heterocycles. The second kappa shape index (κ2) is 7.21. The molecule has 5 heteroatoms. The van der Waals surface area contributed by atoms with Crippen molar-refractivity contribution in [2.24, 2.45) is 7.05 Å². The quantitative estimate of drug-likeness (QED) is 0.666. The van der Waals surface area contributed by atoms with Crippen LogP contribution >= 0.6 is 22.9 Å². The van der Waals surface area contributed by atoms with Crippen molar-refractivity contribution in [2.45, 2.75) is 6.92 Å². The van der Waals surface area contributed by atoms with Crippen molar-refractivity contribution >= 4 is 40.9 Å². The van der Waals surface area contributed by atoms with Gasteiger partial charge in [-0.1, -0.05) is 48.0 Å². The third-order valence-electron chi connectivity index (χ3n) is 3.89. The highest BCUT2D eigenvalue weighted by Gasteiger charge is 2.07. The lowest BCUT2D eigenvalue weighted by atomic mass is 10.1. The standard InChI is InChI=1S/C20H16ClNO2S/c1-13-5-3-4-6-16(13)17(23)12-19-22(2)20(24)18(25-19)11-14-7-9-15(21)10-8-14/h3-12H,1-2H3/b18-11-,19-12-. The van der Waals surface area contributed by atoms with E-state index in [4.69, 9.17) is 11.6 Å². The number of hydrogen-bond acceptors (Lipinski definition) is 3. The van der Waals surface area contributed by atoms with E-state index < -0.39 is 0 Å². The van der Waals surface area contributed by atoms with Crippen LogP contribution in [0.25, 0.3) is 12.2 Å². The van der Waals surface area contributed by atoms with Gasteiger partial charge in [0, 0.05) is 23.7 Å². The molecule has 0 aliphatic rings. The van der Waals surface area contributed by atoms with E-state index in [9.17, 15) is 9.59 Å². The van der Waals surface area contributed by atoms with Crippen LogP contribution in [0.3, 0.4) is 0 Å². The van der Waals surface area contributed by atoms with Crippen molar-refractivity contribution in [3.8, 4) is 0 Å². The molecule has 3 aromatic rings. The molecule has 3 nitrogen and oxygen atoms in total. The summed E-state index contributed by atoms with van der Waals surface area (Å²) in [7, 11) is 1.68. The van der Waals surface area contributed by atoms with Gasteiger partial charge in [0.2, 0.25) is 0 Å². The van der Waals surface area contributed by atoms with Crippen LogP contribution in [0.15, 0.2) is 53.3 Å². The maximum Gasteiger partial charge on any atom is 0.268 e. The number of halogens is 1. The Labute approximate surface area is 154 Å². The van der Waals surface area contributed by atoms with Gasteiger partial charge in [-0.25, -0.2) is 0 Å². The van der Waals surface area contributed by atoms with E-state index in [2.05, 4.69) is 0 Å². The second-order valence-corrected chi connectivity index (χ2v) is 7.19. The number of thiazole rings is 1. The number of aromatic nitrogens is 1. The Hall–Kier alpha value is -2.43. The summed E-state index contributed by atoms with van der Waals surface area (Å²) in [5.74, 6) is -0.104. The Bertz CT molecular complexity index is 1110. The number of rotatable bonds is 3. The molecule has 0 aliphatic carbocycles. The van der Waals surface area contributed by atoms with E-state index in [1.54, 1.807) is 31.3 Å². The van der Waals surface area contributed by atoms with Gasteiger partial charge in [-0.3, -0.25) is 9.59 Å². The molecule has 25 heavy (non-hydrogen) atoms. The number of hydrogen-bond donors (Lipinski definition) is 0. The van der Waals surface area contributed by atoms with Gasteiger partial charge >= 0.3 is 0 Å². The lowest BCUT2D eigenvalue weighted by Crippen LogP contribution is -2.29.